The number of carbonyl (C=O) groups is 1. The molecule has 2 heterocycles. The molecule has 0 spiro atoms. The monoisotopic (exact) mass is 414 g/mol. The Labute approximate surface area is 176 Å². The summed E-state index contributed by atoms with van der Waals surface area (Å²) in [6.07, 6.45) is 3.54. The quantitative estimate of drug-likeness (QED) is 0.743. The highest BCUT2D eigenvalue weighted by atomic mass is 16.5. The van der Waals surface area contributed by atoms with Crippen molar-refractivity contribution in [2.45, 2.75) is 32.2 Å². The summed E-state index contributed by atoms with van der Waals surface area (Å²) in [6, 6.07) is 6.75. The highest BCUT2D eigenvalue weighted by molar-refractivity contribution is 5.79. The Kier molecular flexibility index (Phi) is 7.10. The van der Waals surface area contributed by atoms with Crippen molar-refractivity contribution in [3.63, 3.8) is 0 Å². The van der Waals surface area contributed by atoms with Crippen LogP contribution in [-0.4, -0.2) is 66.1 Å². The Morgan fingerprint density at radius 1 is 1.37 bits per heavy atom. The number of rotatable bonds is 7. The van der Waals surface area contributed by atoms with E-state index in [1.54, 1.807) is 30.3 Å². The number of phenols is 1. The number of anilines is 1. The third kappa shape index (κ3) is 5.18. The van der Waals surface area contributed by atoms with Crippen molar-refractivity contribution >= 4 is 11.6 Å². The summed E-state index contributed by atoms with van der Waals surface area (Å²) in [5.74, 6) is 0.190. The van der Waals surface area contributed by atoms with Crippen LogP contribution in [0.1, 0.15) is 30.0 Å². The molecule has 0 radical (unpaired) electrons. The van der Waals surface area contributed by atoms with Crippen molar-refractivity contribution in [1.29, 1.82) is 0 Å². The smallest absolute Gasteiger partial charge is 0.269 e. The number of ether oxygens (including phenoxy) is 1. The van der Waals surface area contributed by atoms with Gasteiger partial charge in [0.25, 0.3) is 5.56 Å². The topological polar surface area (TPSA) is 87.9 Å². The van der Waals surface area contributed by atoms with Gasteiger partial charge in [0.1, 0.15) is 5.75 Å². The number of aromatic nitrogens is 2. The summed E-state index contributed by atoms with van der Waals surface area (Å²) in [7, 11) is 3.53. The van der Waals surface area contributed by atoms with Crippen molar-refractivity contribution < 1.29 is 14.6 Å². The standard InChI is InChI=1S/C22H30N4O4/c1-16-6-7-17(11-20(16)27)12-21(28)25-8-4-5-18(15-25)26-22(29)13-19(14-23-26)24(2)9-10-30-3/h6-7,11,13-14,18,27H,4-5,8-10,12,15H2,1-3H3. The van der Waals surface area contributed by atoms with E-state index in [1.165, 1.54) is 4.68 Å². The first-order chi connectivity index (χ1) is 14.4. The molecule has 8 nitrogen and oxygen atoms in total. The number of piperidine rings is 1. The molecule has 3 rings (SSSR count). The van der Waals surface area contributed by atoms with Crippen LogP contribution in [0.5, 0.6) is 5.75 Å². The summed E-state index contributed by atoms with van der Waals surface area (Å²) in [5.41, 5.74) is 2.14. The largest absolute Gasteiger partial charge is 0.508 e. The molecule has 1 aromatic heterocycles. The van der Waals surface area contributed by atoms with Crippen molar-refractivity contribution in [2.24, 2.45) is 0 Å². The van der Waals surface area contributed by atoms with E-state index in [0.717, 1.165) is 29.7 Å². The molecule has 1 unspecified atom stereocenters. The lowest BCUT2D eigenvalue weighted by Crippen LogP contribution is -2.44. The fraction of sp³-hybridized carbons (Fsp3) is 0.500. The third-order valence-corrected chi connectivity index (χ3v) is 5.61. The van der Waals surface area contributed by atoms with E-state index in [1.807, 2.05) is 31.0 Å². The van der Waals surface area contributed by atoms with Crippen LogP contribution < -0.4 is 10.5 Å². The Hall–Kier alpha value is -2.87. The molecule has 1 amide bonds. The van der Waals surface area contributed by atoms with E-state index in [2.05, 4.69) is 5.10 Å². The van der Waals surface area contributed by atoms with Gasteiger partial charge in [-0.2, -0.15) is 5.10 Å². The molecule has 1 N–H and O–H groups in total. The van der Waals surface area contributed by atoms with Crippen LogP contribution in [0.15, 0.2) is 35.3 Å². The molecular formula is C22H30N4O4. The molecule has 30 heavy (non-hydrogen) atoms. The molecule has 0 aliphatic carbocycles. The van der Waals surface area contributed by atoms with Gasteiger partial charge in [0, 0.05) is 39.9 Å². The van der Waals surface area contributed by atoms with Crippen molar-refractivity contribution in [2.75, 3.05) is 45.3 Å². The second-order valence-corrected chi connectivity index (χ2v) is 7.84. The van der Waals surface area contributed by atoms with Crippen LogP contribution in [0.3, 0.4) is 0 Å². The van der Waals surface area contributed by atoms with Gasteiger partial charge in [-0.15, -0.1) is 0 Å². The zero-order valence-electron chi connectivity index (χ0n) is 17.9. The number of benzene rings is 1. The van der Waals surface area contributed by atoms with Gasteiger partial charge in [-0.25, -0.2) is 4.68 Å². The lowest BCUT2D eigenvalue weighted by molar-refractivity contribution is -0.132. The molecule has 162 valence electrons. The van der Waals surface area contributed by atoms with Crippen LogP contribution in [0, 0.1) is 6.92 Å². The average molecular weight is 415 g/mol. The molecular weight excluding hydrogens is 384 g/mol. The molecule has 1 aliphatic heterocycles. The molecule has 1 atom stereocenters. The van der Waals surface area contributed by atoms with Gasteiger partial charge in [-0.3, -0.25) is 9.59 Å². The molecule has 8 heteroatoms. The molecule has 0 saturated carbocycles. The van der Waals surface area contributed by atoms with Gasteiger partial charge in [0.15, 0.2) is 0 Å². The van der Waals surface area contributed by atoms with E-state index >= 15 is 0 Å². The van der Waals surface area contributed by atoms with Crippen molar-refractivity contribution in [1.82, 2.24) is 14.7 Å². The zero-order valence-corrected chi connectivity index (χ0v) is 17.9. The second kappa shape index (κ2) is 9.75. The fourth-order valence-corrected chi connectivity index (χ4v) is 3.68. The van der Waals surface area contributed by atoms with Crippen LogP contribution >= 0.6 is 0 Å². The Balaban J connectivity index is 1.67. The Morgan fingerprint density at radius 3 is 2.87 bits per heavy atom. The average Bonchev–Trinajstić information content (AvgIpc) is 2.74. The van der Waals surface area contributed by atoms with E-state index < -0.39 is 0 Å². The van der Waals surface area contributed by atoms with Crippen molar-refractivity contribution in [3.05, 3.63) is 51.9 Å². The first-order valence-electron chi connectivity index (χ1n) is 10.2. The number of hydrogen-bond donors (Lipinski definition) is 1. The number of carbonyl (C=O) groups excluding carboxylic acids is 1. The summed E-state index contributed by atoms with van der Waals surface area (Å²) in [5, 5.41) is 14.3. The number of nitrogens with zero attached hydrogens (tertiary/aromatic N) is 4. The minimum atomic E-state index is -0.167. The number of likely N-dealkylation sites (tertiary alicyclic amines) is 1. The van der Waals surface area contributed by atoms with Gasteiger partial charge < -0.3 is 19.6 Å². The predicted octanol–water partition coefficient (Wildman–Crippen LogP) is 1.75. The number of methoxy groups -OCH3 is 1. The summed E-state index contributed by atoms with van der Waals surface area (Å²) >= 11 is 0. The van der Waals surface area contributed by atoms with E-state index in [0.29, 0.717) is 26.2 Å². The zero-order chi connectivity index (χ0) is 21.7. The second-order valence-electron chi connectivity index (χ2n) is 7.84. The fourth-order valence-electron chi connectivity index (χ4n) is 3.68. The lowest BCUT2D eigenvalue weighted by atomic mass is 10.0. The maximum atomic E-state index is 12.8. The normalized spacial score (nSPS) is 16.5. The molecule has 1 saturated heterocycles. The Bertz CT molecular complexity index is 943. The minimum Gasteiger partial charge on any atom is -0.508 e. The van der Waals surface area contributed by atoms with E-state index in [-0.39, 0.29) is 29.7 Å². The van der Waals surface area contributed by atoms with Crippen LogP contribution in [0.2, 0.25) is 0 Å². The summed E-state index contributed by atoms with van der Waals surface area (Å²) in [4.78, 5) is 29.2. The minimum absolute atomic E-state index is 0.00748. The van der Waals surface area contributed by atoms with Gasteiger partial charge in [0.05, 0.1) is 31.0 Å². The lowest BCUT2D eigenvalue weighted by Gasteiger charge is -2.33. The van der Waals surface area contributed by atoms with Gasteiger partial charge in [-0.05, 0) is 37.0 Å². The van der Waals surface area contributed by atoms with Gasteiger partial charge in [-0.1, -0.05) is 12.1 Å². The molecule has 0 bridgehead atoms. The number of likely N-dealkylation sites (N-methyl/N-ethyl adjacent to an activating group) is 1. The van der Waals surface area contributed by atoms with Crippen LogP contribution in [-0.2, 0) is 16.0 Å². The Morgan fingerprint density at radius 2 is 2.17 bits per heavy atom. The SMILES string of the molecule is COCCN(C)c1cnn(C2CCCN(C(=O)Cc3ccc(C)c(O)c3)C2)c(=O)c1. The number of aryl methyl sites for hydroxylation is 1. The number of aromatic hydroxyl groups is 1. The van der Waals surface area contributed by atoms with Gasteiger partial charge >= 0.3 is 0 Å². The molecule has 1 fully saturated rings. The van der Waals surface area contributed by atoms with Crippen LogP contribution in [0.4, 0.5) is 5.69 Å². The van der Waals surface area contributed by atoms with Gasteiger partial charge in [0.2, 0.25) is 5.91 Å². The first kappa shape index (κ1) is 21.8. The highest BCUT2D eigenvalue weighted by Gasteiger charge is 2.26. The van der Waals surface area contributed by atoms with Crippen LogP contribution in [0.25, 0.3) is 0 Å². The molecule has 1 aliphatic rings. The third-order valence-electron chi connectivity index (χ3n) is 5.61. The highest BCUT2D eigenvalue weighted by Crippen LogP contribution is 2.22. The summed E-state index contributed by atoms with van der Waals surface area (Å²) < 4.78 is 6.57. The predicted molar refractivity (Wildman–Crippen MR) is 115 cm³/mol. The molecule has 1 aromatic carbocycles. The van der Waals surface area contributed by atoms with E-state index in [9.17, 15) is 14.7 Å². The maximum Gasteiger partial charge on any atom is 0.269 e. The molecule has 2 aromatic rings. The number of phenolic OH excluding ortho intramolecular Hbond substituents is 1. The van der Waals surface area contributed by atoms with E-state index in [4.69, 9.17) is 4.74 Å². The number of hydrogen-bond acceptors (Lipinski definition) is 6. The maximum absolute atomic E-state index is 12.8. The number of amides is 1. The summed E-state index contributed by atoms with van der Waals surface area (Å²) in [6.45, 7) is 4.18. The van der Waals surface area contributed by atoms with Crippen molar-refractivity contribution in [3.8, 4) is 5.75 Å². The first-order valence-corrected chi connectivity index (χ1v) is 10.2.